The van der Waals surface area contributed by atoms with E-state index in [1.807, 2.05) is 0 Å². The van der Waals surface area contributed by atoms with Gasteiger partial charge in [-0.2, -0.15) is 0 Å². The van der Waals surface area contributed by atoms with Gasteiger partial charge < -0.3 is 4.43 Å². The van der Waals surface area contributed by atoms with Crippen molar-refractivity contribution in [2.24, 2.45) is 5.41 Å². The first-order chi connectivity index (χ1) is 7.30. The van der Waals surface area contributed by atoms with E-state index in [4.69, 9.17) is 4.43 Å². The molecule has 0 radical (unpaired) electrons. The van der Waals surface area contributed by atoms with Crippen molar-refractivity contribution in [3.63, 3.8) is 0 Å². The van der Waals surface area contributed by atoms with Gasteiger partial charge in [-0.1, -0.05) is 48.8 Å². The molecular formula is C13H21BrOSi. The Balaban J connectivity index is 2.97. The second kappa shape index (κ2) is 5.47. The highest BCUT2D eigenvalue weighted by Crippen LogP contribution is 2.36. The smallest absolute Gasteiger partial charge is 0.171 e. The first-order valence-corrected chi connectivity index (χ1v) is 9.29. The quantitative estimate of drug-likeness (QED) is 0.745. The minimum absolute atomic E-state index is 0.144. The van der Waals surface area contributed by atoms with Crippen LogP contribution in [0.4, 0.5) is 0 Å². The van der Waals surface area contributed by atoms with Gasteiger partial charge in [0, 0.05) is 4.47 Å². The van der Waals surface area contributed by atoms with Crippen molar-refractivity contribution in [3.8, 4) is 0 Å². The summed E-state index contributed by atoms with van der Waals surface area (Å²) in [4.78, 5) is 0. The van der Waals surface area contributed by atoms with Crippen LogP contribution in [0.5, 0.6) is 0 Å². The van der Waals surface area contributed by atoms with Gasteiger partial charge in [0.1, 0.15) is 0 Å². The minimum Gasteiger partial charge on any atom is -0.413 e. The third-order valence-corrected chi connectivity index (χ3v) is 3.71. The number of rotatable bonds is 3. The van der Waals surface area contributed by atoms with Gasteiger partial charge in [0.15, 0.2) is 9.04 Å². The maximum absolute atomic E-state index is 6.16. The van der Waals surface area contributed by atoms with E-state index in [1.54, 1.807) is 0 Å². The topological polar surface area (TPSA) is 9.23 Å². The molecule has 0 N–H and O–H groups in total. The molecule has 90 valence electrons. The summed E-state index contributed by atoms with van der Waals surface area (Å²) in [7, 11) is -1.02. The van der Waals surface area contributed by atoms with Crippen LogP contribution in [0, 0.1) is 5.41 Å². The highest BCUT2D eigenvalue weighted by atomic mass is 79.9. The lowest BCUT2D eigenvalue weighted by molar-refractivity contribution is 0.0866. The zero-order chi connectivity index (χ0) is 12.3. The van der Waals surface area contributed by atoms with E-state index in [0.717, 1.165) is 4.47 Å². The lowest BCUT2D eigenvalue weighted by Crippen LogP contribution is -2.25. The Bertz CT molecular complexity index is 327. The summed E-state index contributed by atoms with van der Waals surface area (Å²) < 4.78 is 7.28. The standard InChI is InChI=1S/C13H21BrOSi/c1-13(2,3)12(15-16(4)5)10-6-8-11(14)9-7-10/h6-9,12,16H,1-5H3. The average molecular weight is 301 g/mol. The van der Waals surface area contributed by atoms with E-state index in [-0.39, 0.29) is 11.5 Å². The van der Waals surface area contributed by atoms with Crippen molar-refractivity contribution < 1.29 is 4.43 Å². The Morgan fingerprint density at radius 3 is 2.00 bits per heavy atom. The van der Waals surface area contributed by atoms with Crippen LogP contribution in [0.3, 0.4) is 0 Å². The molecule has 1 rings (SSSR count). The molecule has 0 saturated carbocycles. The Labute approximate surface area is 109 Å². The first kappa shape index (κ1) is 13.9. The van der Waals surface area contributed by atoms with Crippen LogP contribution >= 0.6 is 15.9 Å². The Hall–Kier alpha value is -0.123. The van der Waals surface area contributed by atoms with Crippen LogP contribution in [0.1, 0.15) is 32.4 Å². The van der Waals surface area contributed by atoms with Crippen LogP contribution in [0.25, 0.3) is 0 Å². The number of hydrogen-bond acceptors (Lipinski definition) is 1. The number of hydrogen-bond donors (Lipinski definition) is 0. The van der Waals surface area contributed by atoms with Crippen molar-refractivity contribution in [1.82, 2.24) is 0 Å². The zero-order valence-corrected chi connectivity index (χ0v) is 13.5. The first-order valence-electron chi connectivity index (χ1n) is 5.71. The molecule has 1 unspecified atom stereocenters. The van der Waals surface area contributed by atoms with E-state index < -0.39 is 9.04 Å². The molecule has 16 heavy (non-hydrogen) atoms. The molecule has 0 saturated heterocycles. The van der Waals surface area contributed by atoms with E-state index in [1.165, 1.54) is 5.56 Å². The summed E-state index contributed by atoms with van der Waals surface area (Å²) in [6.07, 6.45) is 0.201. The molecule has 0 aromatic heterocycles. The monoisotopic (exact) mass is 300 g/mol. The van der Waals surface area contributed by atoms with Crippen LogP contribution in [0.2, 0.25) is 13.1 Å². The molecule has 1 atom stereocenters. The Morgan fingerprint density at radius 1 is 1.12 bits per heavy atom. The largest absolute Gasteiger partial charge is 0.413 e. The third kappa shape index (κ3) is 4.04. The lowest BCUT2D eigenvalue weighted by atomic mass is 9.85. The van der Waals surface area contributed by atoms with Gasteiger partial charge >= 0.3 is 0 Å². The van der Waals surface area contributed by atoms with Gasteiger partial charge in [0.05, 0.1) is 6.10 Å². The van der Waals surface area contributed by atoms with Gasteiger partial charge in [0.2, 0.25) is 0 Å². The van der Waals surface area contributed by atoms with Crippen LogP contribution in [0.15, 0.2) is 28.7 Å². The summed E-state index contributed by atoms with van der Waals surface area (Å²) in [5, 5.41) is 0. The predicted octanol–water partition coefficient (Wildman–Crippen LogP) is 4.54. The number of benzene rings is 1. The average Bonchev–Trinajstić information content (AvgIpc) is 2.14. The second-order valence-electron chi connectivity index (χ2n) is 5.48. The van der Waals surface area contributed by atoms with Crippen molar-refractivity contribution >= 4 is 25.0 Å². The van der Waals surface area contributed by atoms with E-state index in [9.17, 15) is 0 Å². The fraction of sp³-hybridized carbons (Fsp3) is 0.538. The third-order valence-electron chi connectivity index (χ3n) is 2.37. The minimum atomic E-state index is -1.02. The molecule has 3 heteroatoms. The van der Waals surface area contributed by atoms with Gasteiger partial charge in [-0.15, -0.1) is 0 Å². The molecule has 0 spiro atoms. The summed E-state index contributed by atoms with van der Waals surface area (Å²) in [6.45, 7) is 11.1. The molecule has 0 aliphatic carbocycles. The molecule has 0 fully saturated rings. The van der Waals surface area contributed by atoms with E-state index in [0.29, 0.717) is 0 Å². The fourth-order valence-corrected chi connectivity index (χ4v) is 3.07. The van der Waals surface area contributed by atoms with Gasteiger partial charge in [0.25, 0.3) is 0 Å². The van der Waals surface area contributed by atoms with Crippen LogP contribution in [-0.2, 0) is 4.43 Å². The normalized spacial score (nSPS) is 14.2. The molecule has 1 aromatic carbocycles. The molecule has 0 bridgehead atoms. The molecule has 1 aromatic rings. The highest BCUT2D eigenvalue weighted by molar-refractivity contribution is 9.10. The second-order valence-corrected chi connectivity index (χ2v) is 8.77. The van der Waals surface area contributed by atoms with Crippen LogP contribution in [-0.4, -0.2) is 9.04 Å². The Kier molecular flexibility index (Phi) is 4.77. The fourth-order valence-electron chi connectivity index (χ4n) is 1.69. The van der Waals surface area contributed by atoms with E-state index >= 15 is 0 Å². The summed E-state index contributed by atoms with van der Waals surface area (Å²) >= 11 is 3.46. The highest BCUT2D eigenvalue weighted by Gasteiger charge is 2.27. The predicted molar refractivity (Wildman–Crippen MR) is 76.3 cm³/mol. The lowest BCUT2D eigenvalue weighted by Gasteiger charge is -2.33. The molecule has 0 amide bonds. The maximum Gasteiger partial charge on any atom is 0.171 e. The van der Waals surface area contributed by atoms with Crippen molar-refractivity contribution in [1.29, 1.82) is 0 Å². The summed E-state index contributed by atoms with van der Waals surface area (Å²) in [6, 6.07) is 8.46. The molecule has 0 aliphatic rings. The van der Waals surface area contributed by atoms with Crippen molar-refractivity contribution in [3.05, 3.63) is 34.3 Å². The van der Waals surface area contributed by atoms with Gasteiger partial charge in [-0.05, 0) is 36.2 Å². The van der Waals surface area contributed by atoms with E-state index in [2.05, 4.69) is 74.1 Å². The molecule has 1 nitrogen and oxygen atoms in total. The summed E-state index contributed by atoms with van der Waals surface area (Å²) in [5.74, 6) is 0. The molecule has 0 aliphatic heterocycles. The maximum atomic E-state index is 6.16. The summed E-state index contributed by atoms with van der Waals surface area (Å²) in [5.41, 5.74) is 1.42. The zero-order valence-electron chi connectivity index (χ0n) is 10.8. The van der Waals surface area contributed by atoms with Gasteiger partial charge in [-0.25, -0.2) is 0 Å². The SMILES string of the molecule is C[SiH](C)OC(c1ccc(Br)cc1)C(C)(C)C. The molecular weight excluding hydrogens is 280 g/mol. The van der Waals surface area contributed by atoms with Crippen LogP contribution < -0.4 is 0 Å². The van der Waals surface area contributed by atoms with Crippen molar-refractivity contribution in [2.75, 3.05) is 0 Å². The Morgan fingerprint density at radius 2 is 1.62 bits per heavy atom. The molecule has 0 heterocycles. The van der Waals surface area contributed by atoms with Crippen molar-refractivity contribution in [2.45, 2.75) is 40.0 Å². The number of halogens is 1. The van der Waals surface area contributed by atoms with Gasteiger partial charge in [-0.3, -0.25) is 0 Å².